The minimum Gasteiger partial charge on any atom is -0.489 e. The Balaban J connectivity index is 1.99. The van der Waals surface area contributed by atoms with Crippen molar-refractivity contribution < 1.29 is 19.0 Å². The van der Waals surface area contributed by atoms with E-state index in [9.17, 15) is 4.79 Å². The lowest BCUT2D eigenvalue weighted by atomic mass is 10.1. The minimum absolute atomic E-state index is 0.377. The maximum absolute atomic E-state index is 11.6. The van der Waals surface area contributed by atoms with Crippen LogP contribution in [0, 0.1) is 0 Å². The molecule has 2 rings (SSSR count). The van der Waals surface area contributed by atoms with E-state index in [2.05, 4.69) is 0 Å². The molecule has 0 saturated heterocycles. The summed E-state index contributed by atoms with van der Waals surface area (Å²) in [4.78, 5) is 11.6. The Morgan fingerprint density at radius 1 is 1.00 bits per heavy atom. The summed E-state index contributed by atoms with van der Waals surface area (Å²) in [6.45, 7) is 0.509. The van der Waals surface area contributed by atoms with Crippen LogP contribution in [-0.2, 0) is 27.3 Å². The van der Waals surface area contributed by atoms with Crippen molar-refractivity contribution in [3.8, 4) is 5.75 Å². The molecule has 0 amide bonds. The highest BCUT2D eigenvalue weighted by atomic mass is 16.6. The zero-order valence-corrected chi connectivity index (χ0v) is 12.8. The van der Waals surface area contributed by atoms with Gasteiger partial charge in [-0.2, -0.15) is 0 Å². The molecule has 1 atom stereocenters. The molecule has 2 aromatic carbocycles. The monoisotopic (exact) mass is 300 g/mol. The van der Waals surface area contributed by atoms with E-state index in [1.807, 2.05) is 54.6 Å². The third-order valence-electron chi connectivity index (χ3n) is 3.32. The lowest BCUT2D eigenvalue weighted by Gasteiger charge is -2.13. The molecule has 0 bridgehead atoms. The first kappa shape index (κ1) is 16.0. The third kappa shape index (κ3) is 4.60. The van der Waals surface area contributed by atoms with Gasteiger partial charge in [0.15, 0.2) is 6.10 Å². The predicted octanol–water partition coefficient (Wildman–Crippen LogP) is 3.00. The SMILES string of the molecule is COC(=O)C(Cc1cccc(OCc2ccccc2)c1)OC. The van der Waals surface area contributed by atoms with E-state index in [0.29, 0.717) is 13.0 Å². The van der Waals surface area contributed by atoms with Crippen molar-refractivity contribution in [2.45, 2.75) is 19.1 Å². The minimum atomic E-state index is -0.602. The van der Waals surface area contributed by atoms with Crippen LogP contribution < -0.4 is 4.74 Å². The van der Waals surface area contributed by atoms with E-state index in [4.69, 9.17) is 14.2 Å². The zero-order chi connectivity index (χ0) is 15.8. The summed E-state index contributed by atoms with van der Waals surface area (Å²) >= 11 is 0. The van der Waals surface area contributed by atoms with Crippen molar-refractivity contribution in [3.63, 3.8) is 0 Å². The fourth-order valence-corrected chi connectivity index (χ4v) is 2.11. The van der Waals surface area contributed by atoms with Gasteiger partial charge in [-0.3, -0.25) is 0 Å². The molecule has 1 unspecified atom stereocenters. The molecule has 22 heavy (non-hydrogen) atoms. The summed E-state index contributed by atoms with van der Waals surface area (Å²) in [6.07, 6.45) is -0.152. The van der Waals surface area contributed by atoms with E-state index in [-0.39, 0.29) is 5.97 Å². The zero-order valence-electron chi connectivity index (χ0n) is 12.8. The average molecular weight is 300 g/mol. The molecule has 0 aliphatic rings. The van der Waals surface area contributed by atoms with E-state index in [0.717, 1.165) is 16.9 Å². The van der Waals surface area contributed by atoms with Gasteiger partial charge in [0, 0.05) is 13.5 Å². The summed E-state index contributed by atoms with van der Waals surface area (Å²) in [5, 5.41) is 0. The lowest BCUT2D eigenvalue weighted by Crippen LogP contribution is -2.26. The molecule has 0 N–H and O–H groups in total. The number of hydrogen-bond donors (Lipinski definition) is 0. The largest absolute Gasteiger partial charge is 0.489 e. The number of benzene rings is 2. The Bertz CT molecular complexity index is 595. The van der Waals surface area contributed by atoms with E-state index >= 15 is 0 Å². The van der Waals surface area contributed by atoms with Crippen LogP contribution in [-0.4, -0.2) is 26.3 Å². The van der Waals surface area contributed by atoms with Crippen LogP contribution in [0.2, 0.25) is 0 Å². The van der Waals surface area contributed by atoms with Crippen LogP contribution in [0.1, 0.15) is 11.1 Å². The molecule has 0 radical (unpaired) electrons. The molecule has 0 spiro atoms. The summed E-state index contributed by atoms with van der Waals surface area (Å²) in [6, 6.07) is 17.6. The third-order valence-corrected chi connectivity index (χ3v) is 3.32. The van der Waals surface area contributed by atoms with Crippen LogP contribution in [0.4, 0.5) is 0 Å². The van der Waals surface area contributed by atoms with Crippen LogP contribution >= 0.6 is 0 Å². The maximum Gasteiger partial charge on any atom is 0.335 e. The van der Waals surface area contributed by atoms with Gasteiger partial charge in [0.25, 0.3) is 0 Å². The molecule has 4 nitrogen and oxygen atoms in total. The molecule has 0 saturated carbocycles. The van der Waals surface area contributed by atoms with E-state index < -0.39 is 6.10 Å². The van der Waals surface area contributed by atoms with Gasteiger partial charge < -0.3 is 14.2 Å². The van der Waals surface area contributed by atoms with Crippen molar-refractivity contribution in [2.75, 3.05) is 14.2 Å². The first-order valence-corrected chi connectivity index (χ1v) is 7.09. The summed E-state index contributed by atoms with van der Waals surface area (Å²) in [7, 11) is 2.85. The second kappa shape index (κ2) is 8.20. The molecule has 4 heteroatoms. The average Bonchev–Trinajstić information content (AvgIpc) is 2.58. The Hall–Kier alpha value is -2.33. The van der Waals surface area contributed by atoms with Crippen LogP contribution in [0.25, 0.3) is 0 Å². The van der Waals surface area contributed by atoms with Crippen molar-refractivity contribution in [1.82, 2.24) is 0 Å². The van der Waals surface area contributed by atoms with Gasteiger partial charge in [0.1, 0.15) is 12.4 Å². The molecule has 0 aliphatic carbocycles. The summed E-state index contributed by atoms with van der Waals surface area (Å²) in [5.41, 5.74) is 2.07. The molecule has 0 heterocycles. The van der Waals surface area contributed by atoms with Gasteiger partial charge in [-0.25, -0.2) is 4.79 Å². The van der Waals surface area contributed by atoms with Crippen molar-refractivity contribution in [1.29, 1.82) is 0 Å². The van der Waals surface area contributed by atoms with Gasteiger partial charge in [-0.15, -0.1) is 0 Å². The van der Waals surface area contributed by atoms with Gasteiger partial charge in [-0.05, 0) is 23.3 Å². The number of methoxy groups -OCH3 is 2. The quantitative estimate of drug-likeness (QED) is 0.737. The first-order chi connectivity index (χ1) is 10.7. The van der Waals surface area contributed by atoms with Crippen LogP contribution in [0.5, 0.6) is 5.75 Å². The number of rotatable bonds is 7. The lowest BCUT2D eigenvalue weighted by molar-refractivity contribution is -0.152. The smallest absolute Gasteiger partial charge is 0.335 e. The molecule has 116 valence electrons. The maximum atomic E-state index is 11.6. The Kier molecular flexibility index (Phi) is 5.98. The van der Waals surface area contributed by atoms with E-state index in [1.165, 1.54) is 14.2 Å². The molecular weight excluding hydrogens is 280 g/mol. The standard InChI is InChI=1S/C18H20O4/c1-20-17(18(19)21-2)12-15-9-6-10-16(11-15)22-13-14-7-4-3-5-8-14/h3-11,17H,12-13H2,1-2H3. The molecular formula is C18H20O4. The number of ether oxygens (including phenoxy) is 3. The number of hydrogen-bond acceptors (Lipinski definition) is 4. The highest BCUT2D eigenvalue weighted by molar-refractivity contribution is 5.74. The number of esters is 1. The van der Waals surface area contributed by atoms with Crippen molar-refractivity contribution in [2.24, 2.45) is 0 Å². The Labute approximate surface area is 130 Å². The topological polar surface area (TPSA) is 44.8 Å². The molecule has 0 aromatic heterocycles. The Morgan fingerprint density at radius 2 is 1.73 bits per heavy atom. The van der Waals surface area contributed by atoms with Crippen molar-refractivity contribution >= 4 is 5.97 Å². The Morgan fingerprint density at radius 3 is 2.41 bits per heavy atom. The summed E-state index contributed by atoms with van der Waals surface area (Å²) < 4.78 is 15.7. The van der Waals surface area contributed by atoms with Gasteiger partial charge in [0.2, 0.25) is 0 Å². The molecule has 0 aliphatic heterocycles. The highest BCUT2D eigenvalue weighted by Crippen LogP contribution is 2.17. The fraction of sp³-hybridized carbons (Fsp3) is 0.278. The predicted molar refractivity (Wildman–Crippen MR) is 83.7 cm³/mol. The second-order valence-corrected chi connectivity index (χ2v) is 4.87. The normalized spacial score (nSPS) is 11.7. The first-order valence-electron chi connectivity index (χ1n) is 7.09. The molecule has 0 fully saturated rings. The highest BCUT2D eigenvalue weighted by Gasteiger charge is 2.18. The fourth-order valence-electron chi connectivity index (χ4n) is 2.11. The van der Waals surface area contributed by atoms with Crippen LogP contribution in [0.3, 0.4) is 0 Å². The molecule has 2 aromatic rings. The number of carbonyl (C=O) groups excluding carboxylic acids is 1. The van der Waals surface area contributed by atoms with Crippen LogP contribution in [0.15, 0.2) is 54.6 Å². The van der Waals surface area contributed by atoms with Gasteiger partial charge in [-0.1, -0.05) is 42.5 Å². The van der Waals surface area contributed by atoms with Crippen molar-refractivity contribution in [3.05, 3.63) is 65.7 Å². The van der Waals surface area contributed by atoms with Gasteiger partial charge >= 0.3 is 5.97 Å². The van der Waals surface area contributed by atoms with E-state index in [1.54, 1.807) is 0 Å². The number of carbonyl (C=O) groups is 1. The second-order valence-electron chi connectivity index (χ2n) is 4.87. The summed E-state index contributed by atoms with van der Waals surface area (Å²) in [5.74, 6) is 0.388. The van der Waals surface area contributed by atoms with Gasteiger partial charge in [0.05, 0.1) is 7.11 Å².